The predicted molar refractivity (Wildman–Crippen MR) is 80.9 cm³/mol. The lowest BCUT2D eigenvalue weighted by Crippen LogP contribution is -2.60. The molecule has 7 nitrogen and oxygen atoms in total. The van der Waals surface area contributed by atoms with Crippen LogP contribution in [0.5, 0.6) is 5.75 Å². The van der Waals surface area contributed by atoms with Crippen molar-refractivity contribution in [1.82, 2.24) is 4.98 Å². The first-order valence-corrected chi connectivity index (χ1v) is 7.34. The number of fused-ring (bicyclic) bond motifs is 1. The van der Waals surface area contributed by atoms with E-state index in [1.165, 1.54) is 0 Å². The first kappa shape index (κ1) is 16.1. The highest BCUT2D eigenvalue weighted by molar-refractivity contribution is 5.80. The lowest BCUT2D eigenvalue weighted by molar-refractivity contribution is -0.277. The number of hydrogen-bond acceptors (Lipinski definition) is 7. The molecule has 1 aromatic carbocycles. The van der Waals surface area contributed by atoms with Crippen LogP contribution in [-0.2, 0) is 4.74 Å². The summed E-state index contributed by atoms with van der Waals surface area (Å²) in [5, 5.41) is 39.5. The van der Waals surface area contributed by atoms with E-state index in [1.807, 2.05) is 19.1 Å². The maximum Gasteiger partial charge on any atom is 0.229 e. The van der Waals surface area contributed by atoms with Gasteiger partial charge in [0.05, 0.1) is 12.1 Å². The van der Waals surface area contributed by atoms with E-state index in [4.69, 9.17) is 9.47 Å². The molecule has 23 heavy (non-hydrogen) atoms. The predicted octanol–water partition coefficient (Wildman–Crippen LogP) is -0.278. The van der Waals surface area contributed by atoms with Crippen LogP contribution in [0, 0.1) is 6.92 Å². The third kappa shape index (κ3) is 3.15. The van der Waals surface area contributed by atoms with Gasteiger partial charge in [-0.15, -0.1) is 0 Å². The monoisotopic (exact) mass is 321 g/mol. The molecule has 0 unspecified atom stereocenters. The largest absolute Gasteiger partial charge is 0.462 e. The zero-order valence-electron chi connectivity index (χ0n) is 12.5. The quantitative estimate of drug-likeness (QED) is 0.615. The molecule has 1 saturated heterocycles. The Labute approximate surface area is 132 Å². The molecule has 1 fully saturated rings. The maximum atomic E-state index is 9.98. The number of pyridine rings is 1. The van der Waals surface area contributed by atoms with Crippen molar-refractivity contribution in [2.45, 2.75) is 37.6 Å². The van der Waals surface area contributed by atoms with Crippen molar-refractivity contribution in [3.63, 3.8) is 0 Å². The van der Waals surface area contributed by atoms with Gasteiger partial charge in [-0.3, -0.25) is 4.98 Å². The van der Waals surface area contributed by atoms with Gasteiger partial charge in [-0.1, -0.05) is 6.07 Å². The molecule has 0 aliphatic carbocycles. The number of benzene rings is 1. The van der Waals surface area contributed by atoms with Crippen LogP contribution in [0.1, 0.15) is 5.69 Å². The first-order chi connectivity index (χ1) is 11.0. The summed E-state index contributed by atoms with van der Waals surface area (Å²) in [7, 11) is 0. The second-order valence-corrected chi connectivity index (χ2v) is 5.62. The van der Waals surface area contributed by atoms with Crippen LogP contribution in [0.25, 0.3) is 10.9 Å². The Morgan fingerprint density at radius 3 is 2.61 bits per heavy atom. The molecule has 0 spiro atoms. The topological polar surface area (TPSA) is 112 Å². The second kappa shape index (κ2) is 6.38. The first-order valence-electron chi connectivity index (χ1n) is 7.34. The van der Waals surface area contributed by atoms with Gasteiger partial charge in [0.1, 0.15) is 30.2 Å². The zero-order valence-corrected chi connectivity index (χ0v) is 12.5. The molecule has 3 rings (SSSR count). The van der Waals surface area contributed by atoms with E-state index in [0.717, 1.165) is 16.6 Å². The zero-order chi connectivity index (χ0) is 16.6. The Morgan fingerprint density at radius 2 is 1.87 bits per heavy atom. The van der Waals surface area contributed by atoms with Crippen molar-refractivity contribution in [1.29, 1.82) is 0 Å². The molecule has 0 radical (unpaired) electrons. The van der Waals surface area contributed by atoms with Crippen molar-refractivity contribution in [3.05, 3.63) is 36.0 Å². The van der Waals surface area contributed by atoms with E-state index in [-0.39, 0.29) is 0 Å². The molecule has 1 aliphatic rings. The van der Waals surface area contributed by atoms with Crippen LogP contribution in [0.15, 0.2) is 30.3 Å². The number of nitrogens with zero attached hydrogens (tertiary/aromatic N) is 1. The van der Waals surface area contributed by atoms with Crippen LogP contribution in [0.4, 0.5) is 0 Å². The number of ether oxygens (including phenoxy) is 2. The van der Waals surface area contributed by atoms with Crippen molar-refractivity contribution in [3.8, 4) is 5.75 Å². The Balaban J connectivity index is 1.81. The molecule has 1 aromatic heterocycles. The summed E-state index contributed by atoms with van der Waals surface area (Å²) in [6.07, 6.45) is -6.49. The van der Waals surface area contributed by atoms with E-state index in [2.05, 4.69) is 4.98 Å². The molecular formula is C16H19NO6. The van der Waals surface area contributed by atoms with Gasteiger partial charge < -0.3 is 29.9 Å². The number of aryl methyl sites for hydroxylation is 1. The number of aromatic nitrogens is 1. The van der Waals surface area contributed by atoms with Gasteiger partial charge in [0.25, 0.3) is 0 Å². The van der Waals surface area contributed by atoms with Crippen molar-refractivity contribution < 1.29 is 29.9 Å². The average molecular weight is 321 g/mol. The fraction of sp³-hybridized carbons (Fsp3) is 0.438. The summed E-state index contributed by atoms with van der Waals surface area (Å²) in [4.78, 5) is 4.38. The summed E-state index contributed by atoms with van der Waals surface area (Å²) in [5.41, 5.74) is 1.71. The molecule has 124 valence electrons. The number of hydrogen-bond donors (Lipinski definition) is 4. The van der Waals surface area contributed by atoms with Gasteiger partial charge in [-0.05, 0) is 31.2 Å². The molecule has 1 aliphatic heterocycles. The molecule has 0 amide bonds. The Bertz CT molecular complexity index is 691. The fourth-order valence-corrected chi connectivity index (χ4v) is 2.58. The summed E-state index contributed by atoms with van der Waals surface area (Å²) in [5.74, 6) is 0.424. The van der Waals surface area contributed by atoms with E-state index >= 15 is 0 Å². The van der Waals surface area contributed by atoms with Crippen LogP contribution in [0.3, 0.4) is 0 Å². The van der Waals surface area contributed by atoms with Crippen LogP contribution in [0.2, 0.25) is 0 Å². The van der Waals surface area contributed by atoms with Gasteiger partial charge in [-0.2, -0.15) is 0 Å². The summed E-state index contributed by atoms with van der Waals surface area (Å²) in [6, 6.07) is 8.97. The average Bonchev–Trinajstić information content (AvgIpc) is 2.55. The highest BCUT2D eigenvalue weighted by Gasteiger charge is 2.44. The molecule has 2 aromatic rings. The number of aliphatic hydroxyl groups is 4. The molecule has 5 atom stereocenters. The highest BCUT2D eigenvalue weighted by atomic mass is 16.7. The van der Waals surface area contributed by atoms with Crippen molar-refractivity contribution >= 4 is 10.9 Å². The second-order valence-electron chi connectivity index (χ2n) is 5.62. The number of rotatable bonds is 3. The van der Waals surface area contributed by atoms with E-state index in [1.54, 1.807) is 18.2 Å². The third-order valence-electron chi connectivity index (χ3n) is 3.90. The minimum absolute atomic E-state index is 0.424. The minimum atomic E-state index is -1.46. The molecular weight excluding hydrogens is 302 g/mol. The standard InChI is InChI=1S/C16H19NO6/c1-8-2-3-9-6-10(4-5-11(9)17-8)22-16-15(21)14(20)13(19)12(7-18)23-16/h2-6,12-16,18-21H,7H2,1H3/t12-,13-,14+,15-,16-/m1/s1. The van der Waals surface area contributed by atoms with Crippen LogP contribution in [-0.4, -0.2) is 62.7 Å². The fourth-order valence-electron chi connectivity index (χ4n) is 2.58. The van der Waals surface area contributed by atoms with Gasteiger partial charge in [0.15, 0.2) is 0 Å². The lowest BCUT2D eigenvalue weighted by atomic mass is 9.99. The van der Waals surface area contributed by atoms with Gasteiger partial charge in [0, 0.05) is 11.1 Å². The summed E-state index contributed by atoms with van der Waals surface area (Å²) in [6.45, 7) is 1.41. The smallest absolute Gasteiger partial charge is 0.229 e. The van der Waals surface area contributed by atoms with E-state index < -0.39 is 37.3 Å². The van der Waals surface area contributed by atoms with Crippen molar-refractivity contribution in [2.75, 3.05) is 6.61 Å². The lowest BCUT2D eigenvalue weighted by Gasteiger charge is -2.39. The Hall–Kier alpha value is -1.77. The Kier molecular flexibility index (Phi) is 4.47. The molecule has 4 N–H and O–H groups in total. The summed E-state index contributed by atoms with van der Waals surface area (Å²) >= 11 is 0. The van der Waals surface area contributed by atoms with Crippen LogP contribution < -0.4 is 4.74 Å². The van der Waals surface area contributed by atoms with Gasteiger partial charge in [0.2, 0.25) is 6.29 Å². The highest BCUT2D eigenvalue weighted by Crippen LogP contribution is 2.26. The Morgan fingerprint density at radius 1 is 1.09 bits per heavy atom. The number of aliphatic hydroxyl groups excluding tert-OH is 4. The van der Waals surface area contributed by atoms with Gasteiger partial charge in [-0.25, -0.2) is 0 Å². The third-order valence-corrected chi connectivity index (χ3v) is 3.90. The summed E-state index contributed by atoms with van der Waals surface area (Å²) < 4.78 is 10.9. The SMILES string of the molecule is Cc1ccc2cc(O[C@@H]3O[C@H](CO)[C@@H](O)[C@H](O)[C@H]3O)ccc2n1. The van der Waals surface area contributed by atoms with E-state index in [0.29, 0.717) is 5.75 Å². The molecule has 2 heterocycles. The molecule has 0 saturated carbocycles. The molecule has 7 heteroatoms. The minimum Gasteiger partial charge on any atom is -0.462 e. The molecule has 0 bridgehead atoms. The van der Waals surface area contributed by atoms with E-state index in [9.17, 15) is 20.4 Å². The maximum absolute atomic E-state index is 9.98. The van der Waals surface area contributed by atoms with Crippen molar-refractivity contribution in [2.24, 2.45) is 0 Å². The van der Waals surface area contributed by atoms with Gasteiger partial charge >= 0.3 is 0 Å². The van der Waals surface area contributed by atoms with Crippen LogP contribution >= 0.6 is 0 Å². The normalized spacial score (nSPS) is 31.3.